The number of aliphatic hydroxyl groups is 1. The minimum atomic E-state index is -0.990. The fourth-order valence-electron chi connectivity index (χ4n) is 4.42. The Balaban J connectivity index is 1.40. The van der Waals surface area contributed by atoms with Crippen molar-refractivity contribution in [2.75, 3.05) is 13.1 Å². The summed E-state index contributed by atoms with van der Waals surface area (Å²) in [5, 5.41) is 14.7. The normalized spacial score (nSPS) is 19.5. The van der Waals surface area contributed by atoms with Crippen LogP contribution in [0.5, 0.6) is 0 Å². The zero-order valence-electron chi connectivity index (χ0n) is 16.9. The topological polar surface area (TPSA) is 98.3 Å². The molecule has 2 aliphatic rings. The summed E-state index contributed by atoms with van der Waals surface area (Å²) < 4.78 is 0. The van der Waals surface area contributed by atoms with Gasteiger partial charge < -0.3 is 20.3 Å². The highest BCUT2D eigenvalue weighted by atomic mass is 35.5. The number of nitrogens with zero attached hydrogens (tertiary/aromatic N) is 2. The quantitative estimate of drug-likeness (QED) is 0.693. The van der Waals surface area contributed by atoms with Crippen molar-refractivity contribution in [3.63, 3.8) is 0 Å². The van der Waals surface area contributed by atoms with E-state index >= 15 is 0 Å². The smallest absolute Gasteiger partial charge is 0.272 e. The molecule has 1 saturated carbocycles. The Bertz CT molecular complexity index is 897. The Morgan fingerprint density at radius 3 is 2.47 bits per heavy atom. The van der Waals surface area contributed by atoms with Crippen molar-refractivity contribution < 1.29 is 14.7 Å². The number of halogens is 1. The van der Waals surface area contributed by atoms with Crippen LogP contribution in [0.15, 0.2) is 30.6 Å². The van der Waals surface area contributed by atoms with Crippen LogP contribution in [0.1, 0.15) is 71.5 Å². The number of carbonyl (C=O) groups excluding carboxylic acids is 2. The molecule has 3 N–H and O–H groups in total. The van der Waals surface area contributed by atoms with Gasteiger partial charge in [0.1, 0.15) is 5.69 Å². The monoisotopic (exact) mass is 430 g/mol. The molecule has 0 spiro atoms. The van der Waals surface area contributed by atoms with Gasteiger partial charge in [0.05, 0.1) is 11.9 Å². The van der Waals surface area contributed by atoms with E-state index in [1.165, 1.54) is 12.7 Å². The third-order valence-electron chi connectivity index (χ3n) is 6.27. The second kappa shape index (κ2) is 8.78. The van der Waals surface area contributed by atoms with Gasteiger partial charge in [-0.05, 0) is 43.4 Å². The average molecular weight is 431 g/mol. The first-order chi connectivity index (χ1) is 14.5. The molecule has 4 rings (SSSR count). The highest BCUT2D eigenvalue weighted by Gasteiger charge is 2.37. The zero-order chi connectivity index (χ0) is 21.1. The Morgan fingerprint density at radius 1 is 1.13 bits per heavy atom. The number of amides is 2. The first kappa shape index (κ1) is 20.9. The molecule has 1 aromatic heterocycles. The lowest BCUT2D eigenvalue weighted by atomic mass is 9.84. The SMILES string of the molecule is O=C(NC1CCCCC1)c1nc[nH]c1C(=O)N1CCC(O)(c2ccc(Cl)cc2)CC1. The number of carbonyl (C=O) groups is 2. The van der Waals surface area contributed by atoms with Crippen LogP contribution in [0, 0.1) is 0 Å². The minimum Gasteiger partial charge on any atom is -0.385 e. The summed E-state index contributed by atoms with van der Waals surface area (Å²) in [5.74, 6) is -0.569. The Hall–Kier alpha value is -2.38. The molecule has 2 aromatic rings. The molecular formula is C22H27ClN4O3. The zero-order valence-corrected chi connectivity index (χ0v) is 17.6. The first-order valence-electron chi connectivity index (χ1n) is 10.6. The van der Waals surface area contributed by atoms with E-state index < -0.39 is 5.60 Å². The van der Waals surface area contributed by atoms with Gasteiger partial charge in [-0.2, -0.15) is 0 Å². The third-order valence-corrected chi connectivity index (χ3v) is 6.52. The molecule has 1 aliphatic heterocycles. The molecule has 7 nitrogen and oxygen atoms in total. The lowest BCUT2D eigenvalue weighted by Gasteiger charge is -2.38. The van der Waals surface area contributed by atoms with Gasteiger partial charge >= 0.3 is 0 Å². The fourth-order valence-corrected chi connectivity index (χ4v) is 4.54. The van der Waals surface area contributed by atoms with Crippen molar-refractivity contribution >= 4 is 23.4 Å². The molecule has 2 fully saturated rings. The van der Waals surface area contributed by atoms with E-state index in [1.807, 2.05) is 12.1 Å². The second-order valence-electron chi connectivity index (χ2n) is 8.27. The van der Waals surface area contributed by atoms with Gasteiger partial charge in [-0.25, -0.2) is 4.98 Å². The van der Waals surface area contributed by atoms with Crippen LogP contribution < -0.4 is 5.32 Å². The summed E-state index contributed by atoms with van der Waals surface area (Å²) in [6.45, 7) is 0.779. The average Bonchev–Trinajstić information content (AvgIpc) is 3.25. The largest absolute Gasteiger partial charge is 0.385 e. The van der Waals surface area contributed by atoms with Crippen molar-refractivity contribution in [1.82, 2.24) is 20.2 Å². The molecule has 0 unspecified atom stereocenters. The van der Waals surface area contributed by atoms with Gasteiger partial charge in [0, 0.05) is 24.2 Å². The lowest BCUT2D eigenvalue weighted by molar-refractivity contribution is -0.0213. The number of hydrogen-bond acceptors (Lipinski definition) is 4. The number of likely N-dealkylation sites (tertiary alicyclic amines) is 1. The van der Waals surface area contributed by atoms with E-state index in [0.717, 1.165) is 31.2 Å². The summed E-state index contributed by atoms with van der Waals surface area (Å²) in [5.41, 5.74) is 0.161. The Morgan fingerprint density at radius 2 is 1.80 bits per heavy atom. The number of nitrogens with one attached hydrogen (secondary N) is 2. The summed E-state index contributed by atoms with van der Waals surface area (Å²) in [4.78, 5) is 34.3. The number of H-pyrrole nitrogens is 1. The van der Waals surface area contributed by atoms with Crippen molar-refractivity contribution in [3.05, 3.63) is 52.6 Å². The highest BCUT2D eigenvalue weighted by molar-refractivity contribution is 6.30. The number of hydrogen-bond donors (Lipinski definition) is 3. The van der Waals surface area contributed by atoms with Gasteiger partial charge in [0.2, 0.25) is 0 Å². The minimum absolute atomic E-state index is 0.143. The maximum Gasteiger partial charge on any atom is 0.272 e. The molecule has 0 bridgehead atoms. The number of rotatable bonds is 4. The molecule has 0 radical (unpaired) electrons. The van der Waals surface area contributed by atoms with E-state index in [4.69, 9.17) is 11.6 Å². The Labute approximate surface area is 180 Å². The summed E-state index contributed by atoms with van der Waals surface area (Å²) in [7, 11) is 0. The summed E-state index contributed by atoms with van der Waals surface area (Å²) in [6.07, 6.45) is 7.58. The number of aromatic nitrogens is 2. The number of benzene rings is 1. The van der Waals surface area contributed by atoms with Crippen LogP contribution >= 0.6 is 11.6 Å². The molecule has 160 valence electrons. The van der Waals surface area contributed by atoms with Crippen LogP contribution in [-0.2, 0) is 5.60 Å². The van der Waals surface area contributed by atoms with Gasteiger partial charge in [0.15, 0.2) is 5.69 Å². The lowest BCUT2D eigenvalue weighted by Crippen LogP contribution is -2.46. The first-order valence-corrected chi connectivity index (χ1v) is 11.0. The van der Waals surface area contributed by atoms with Crippen LogP contribution in [-0.4, -0.2) is 50.9 Å². The van der Waals surface area contributed by atoms with Gasteiger partial charge in [-0.1, -0.05) is 43.0 Å². The van der Waals surface area contributed by atoms with E-state index in [9.17, 15) is 14.7 Å². The maximum absolute atomic E-state index is 13.0. The second-order valence-corrected chi connectivity index (χ2v) is 8.70. The van der Waals surface area contributed by atoms with E-state index in [-0.39, 0.29) is 29.2 Å². The van der Waals surface area contributed by atoms with Crippen molar-refractivity contribution in [2.24, 2.45) is 0 Å². The number of imidazole rings is 1. The molecule has 1 saturated heterocycles. The molecule has 0 atom stereocenters. The fraction of sp³-hybridized carbons (Fsp3) is 0.500. The van der Waals surface area contributed by atoms with E-state index in [0.29, 0.717) is 31.0 Å². The van der Waals surface area contributed by atoms with Gasteiger partial charge in [0.25, 0.3) is 11.8 Å². The standard InChI is InChI=1S/C22H27ClN4O3/c23-16-8-6-15(7-9-16)22(30)10-12-27(13-11-22)21(29)19-18(24-14-25-19)20(28)26-17-4-2-1-3-5-17/h6-9,14,17,30H,1-5,10-13H2,(H,24,25)(H,26,28). The van der Waals surface area contributed by atoms with Crippen LogP contribution in [0.4, 0.5) is 0 Å². The van der Waals surface area contributed by atoms with Crippen molar-refractivity contribution in [3.8, 4) is 0 Å². The third kappa shape index (κ3) is 4.37. The molecule has 8 heteroatoms. The maximum atomic E-state index is 13.0. The number of aromatic amines is 1. The number of piperidine rings is 1. The van der Waals surface area contributed by atoms with Crippen LogP contribution in [0.25, 0.3) is 0 Å². The molecule has 2 heterocycles. The molecular weight excluding hydrogens is 404 g/mol. The van der Waals surface area contributed by atoms with Crippen molar-refractivity contribution in [1.29, 1.82) is 0 Å². The van der Waals surface area contributed by atoms with Gasteiger partial charge in [-0.15, -0.1) is 0 Å². The molecule has 2 amide bonds. The summed E-state index contributed by atoms with van der Waals surface area (Å²) >= 11 is 5.94. The molecule has 30 heavy (non-hydrogen) atoms. The van der Waals surface area contributed by atoms with E-state index in [2.05, 4.69) is 15.3 Å². The predicted octanol–water partition coefficient (Wildman–Crippen LogP) is 3.25. The van der Waals surface area contributed by atoms with Gasteiger partial charge in [-0.3, -0.25) is 9.59 Å². The molecule has 1 aromatic carbocycles. The highest BCUT2D eigenvalue weighted by Crippen LogP contribution is 2.34. The van der Waals surface area contributed by atoms with Crippen molar-refractivity contribution in [2.45, 2.75) is 56.6 Å². The molecule has 1 aliphatic carbocycles. The van der Waals surface area contributed by atoms with Crippen LogP contribution in [0.3, 0.4) is 0 Å². The van der Waals surface area contributed by atoms with Crippen LogP contribution in [0.2, 0.25) is 5.02 Å². The predicted molar refractivity (Wildman–Crippen MR) is 113 cm³/mol. The summed E-state index contributed by atoms with van der Waals surface area (Å²) in [6, 6.07) is 7.31. The van der Waals surface area contributed by atoms with E-state index in [1.54, 1.807) is 17.0 Å². The Kier molecular flexibility index (Phi) is 6.11.